The molecule has 0 radical (unpaired) electrons. The van der Waals surface area contributed by atoms with E-state index in [4.69, 9.17) is 33.2 Å². The number of carbonyl (C=O) groups is 21. The molecule has 8 rings (SSSR count). The van der Waals surface area contributed by atoms with Gasteiger partial charge in [0.1, 0.15) is 13.2 Å². The average molecular weight is 1880 g/mol. The van der Waals surface area contributed by atoms with Gasteiger partial charge >= 0.3 is 41.8 Å². The summed E-state index contributed by atoms with van der Waals surface area (Å²) in [6.07, 6.45) is 18.4. The Kier molecular flexibility index (Phi) is 51.7. The van der Waals surface area contributed by atoms with Crippen LogP contribution in [0.4, 0.5) is 0 Å². The third kappa shape index (κ3) is 36.5. The second-order valence-electron chi connectivity index (χ2n) is 33.0. The second-order valence-corrected chi connectivity index (χ2v) is 33.0. The van der Waals surface area contributed by atoms with Gasteiger partial charge in [-0.2, -0.15) is 0 Å². The van der Waals surface area contributed by atoms with Crippen LogP contribution in [-0.4, -0.2) is 251 Å². The number of esters is 7. The lowest BCUT2D eigenvalue weighted by Crippen LogP contribution is -2.35. The molecule has 0 aromatic rings. The van der Waals surface area contributed by atoms with Gasteiger partial charge in [0.2, 0.25) is 0 Å². The molecule has 1 aliphatic carbocycles. The molecule has 0 aromatic carbocycles. The third-order valence-electron chi connectivity index (χ3n) is 22.4. The minimum Gasteiger partial charge on any atom is -0.463 e. The van der Waals surface area contributed by atoms with Crippen molar-refractivity contribution in [3.05, 3.63) is 164 Å². The van der Waals surface area contributed by atoms with Gasteiger partial charge in [0.25, 0.3) is 82.7 Å². The van der Waals surface area contributed by atoms with Crippen molar-refractivity contribution in [3.63, 3.8) is 0 Å². The number of nitrogens with zero attached hydrogens (tertiary/aromatic N) is 7. The van der Waals surface area contributed by atoms with Crippen LogP contribution in [0.3, 0.4) is 0 Å². The van der Waals surface area contributed by atoms with Crippen LogP contribution in [0.15, 0.2) is 164 Å². The van der Waals surface area contributed by atoms with E-state index in [1.807, 2.05) is 0 Å². The van der Waals surface area contributed by atoms with Gasteiger partial charge < -0.3 is 33.2 Å². The highest BCUT2D eigenvalue weighted by Gasteiger charge is 2.41. The molecule has 0 saturated carbocycles. The summed E-state index contributed by atoms with van der Waals surface area (Å²) in [5.41, 5.74) is 9.33. The minimum atomic E-state index is -0.569. The fourth-order valence-corrected chi connectivity index (χ4v) is 13.1. The summed E-state index contributed by atoms with van der Waals surface area (Å²) in [4.78, 5) is 251. The topological polar surface area (TPSA) is 446 Å². The summed E-state index contributed by atoms with van der Waals surface area (Å²) >= 11 is 0. The smallest absolute Gasteiger partial charge is 0.333 e. The Labute approximate surface area is 791 Å². The number of rotatable bonds is 44. The summed E-state index contributed by atoms with van der Waals surface area (Å²) in [6.45, 7) is 55.5. The molecule has 0 atom stereocenters. The van der Waals surface area contributed by atoms with E-state index in [1.54, 1.807) is 111 Å². The highest BCUT2D eigenvalue weighted by molar-refractivity contribution is 6.23. The quantitative estimate of drug-likeness (QED) is 0.0180. The molecule has 0 spiro atoms. The first-order valence-corrected chi connectivity index (χ1v) is 44.9. The summed E-state index contributed by atoms with van der Waals surface area (Å²) < 4.78 is 34.2. The van der Waals surface area contributed by atoms with Crippen LogP contribution in [0.2, 0.25) is 0 Å². The Morgan fingerprint density at radius 1 is 0.222 bits per heavy atom. The van der Waals surface area contributed by atoms with Gasteiger partial charge in [-0.15, -0.1) is 0 Å². The molecule has 35 heteroatoms. The van der Waals surface area contributed by atoms with Crippen LogP contribution in [0.25, 0.3) is 0 Å². The van der Waals surface area contributed by atoms with Crippen LogP contribution in [0.1, 0.15) is 246 Å². The Morgan fingerprint density at radius 3 is 0.593 bits per heavy atom. The molecule has 0 N–H and O–H groups in total. The lowest BCUT2D eigenvalue weighted by Gasteiger charge is -2.14. The molecular weight excluding hydrogens is 1750 g/mol. The van der Waals surface area contributed by atoms with Gasteiger partial charge in [-0.1, -0.05) is 65.3 Å². The van der Waals surface area contributed by atoms with Gasteiger partial charge in [-0.25, -0.2) is 33.6 Å². The van der Waals surface area contributed by atoms with E-state index >= 15 is 0 Å². The molecule has 0 bridgehead atoms. The Morgan fingerprint density at radius 2 is 0.378 bits per heavy atom. The second kappa shape index (κ2) is 59.3. The number of imide groups is 7. The fourth-order valence-electron chi connectivity index (χ4n) is 13.1. The van der Waals surface area contributed by atoms with Crippen molar-refractivity contribution in [1.82, 2.24) is 34.3 Å². The maximum absolute atomic E-state index is 12.2. The lowest BCUT2D eigenvalue weighted by molar-refractivity contribution is -0.144. The highest BCUT2D eigenvalue weighted by atomic mass is 16.6. The van der Waals surface area contributed by atoms with E-state index in [-0.39, 0.29) is 146 Å². The van der Waals surface area contributed by atoms with Crippen molar-refractivity contribution in [2.24, 2.45) is 0 Å². The number of amides is 14. The number of ether oxygens (including phenoxy) is 7. The monoisotopic (exact) mass is 1880 g/mol. The molecule has 135 heavy (non-hydrogen) atoms. The predicted molar refractivity (Wildman–Crippen MR) is 498 cm³/mol. The van der Waals surface area contributed by atoms with Crippen molar-refractivity contribution < 1.29 is 134 Å². The molecule has 738 valence electrons. The van der Waals surface area contributed by atoms with E-state index in [1.165, 1.54) is 31.4 Å². The van der Waals surface area contributed by atoms with Crippen LogP contribution in [0.5, 0.6) is 0 Å². The van der Waals surface area contributed by atoms with Crippen molar-refractivity contribution in [2.75, 3.05) is 92.1 Å². The van der Waals surface area contributed by atoms with Gasteiger partial charge in [0.05, 0.1) is 46.1 Å². The Balaban J connectivity index is 0.000000534. The minimum absolute atomic E-state index is 0.0102. The molecule has 35 nitrogen and oxygen atoms in total. The fraction of sp³-hybridized carbons (Fsp3) is 0.510. The normalized spacial score (nSPS) is 15.6. The predicted octanol–water partition coefficient (Wildman–Crippen LogP) is 11.7. The average Bonchev–Trinajstić information content (AvgIpc) is 1.64. The SMILES string of the molecule is C=C(C)C(=O)OCCCCCCN1C(=O)C(C)=C(C)C1=O.C=C(C)C(=O)OCCCCCCN1C(=O)C2=C(CCCC2)C1=O.C=C(C)C(=O)OCCCCCN1C(=O)C(C)=C(C)C1=O.C=C(C)C(=O)OCCCN1C(=O)C(C)=C(C)C1=O.C=C(C)C(=O)OCCN1C(=O)C(C)=C(C)C1=O.C=CC(=O)OCCCCCCN1C(=O)C(C)=C(C)C1=O.C=CC(=O)OCCN1C(=O)C(C)=C(C)C1=O. The summed E-state index contributed by atoms with van der Waals surface area (Å²) in [5, 5.41) is 0. The van der Waals surface area contributed by atoms with E-state index in [2.05, 4.69) is 46.1 Å². The zero-order chi connectivity index (χ0) is 103. The number of carbonyl (C=O) groups excluding carboxylic acids is 21. The Bertz CT molecular complexity index is 4760. The van der Waals surface area contributed by atoms with Crippen LogP contribution >= 0.6 is 0 Å². The van der Waals surface area contributed by atoms with E-state index < -0.39 is 23.9 Å². The van der Waals surface area contributed by atoms with Crippen LogP contribution < -0.4 is 0 Å². The standard InChI is InChI=1S/C18H25NO4.C16H23NO4.2C15H21NO4.C13H17NO4.C12H15NO4.C11H13NO4/c1-13(2)18(22)23-12-8-4-3-7-11-19-16(20)14-9-5-6-10-15(14)17(19)21;1-11(2)16(20)21-10-8-6-5-7-9-17-14(18)12(3)13(4)15(17)19;1-10(2)15(19)20-9-7-5-6-8-16-13(17)11(3)12(4)14(16)18;1-4-13(17)20-10-8-6-5-7-9-16-14(18)11(2)12(3)15(16)19;1-8(2)13(17)18-7-5-6-14-11(15)9(3)10(4)12(14)16;1-7(2)12(16)17-6-5-13-10(14)8(3)9(4)11(13)15;1-4-9(13)16-6-5-12-10(14)7(2)8(3)11(12)15/h1,3-12H2,2H3;1,5-10H2,2-4H3;1,5-9H2,2-4H3;4H,1,5-10H2,2-3H3;1,5-7H2,2-4H3;1,5-6H2,2-4H3;4H,1,5-6H2,2-3H3. The molecule has 0 fully saturated rings. The molecular formula is C100H135N7O28. The largest absolute Gasteiger partial charge is 0.463 e. The molecule has 7 aliphatic heterocycles. The first-order valence-electron chi connectivity index (χ1n) is 44.9. The Hall–Kier alpha value is -13.4. The zero-order valence-corrected chi connectivity index (χ0v) is 81.7. The van der Waals surface area contributed by atoms with Crippen LogP contribution in [0, 0.1) is 0 Å². The first-order chi connectivity index (χ1) is 63.4. The molecule has 7 heterocycles. The van der Waals surface area contributed by atoms with E-state index in [0.29, 0.717) is 161 Å². The number of hydrogen-bond donors (Lipinski definition) is 0. The van der Waals surface area contributed by atoms with E-state index in [0.717, 1.165) is 142 Å². The maximum Gasteiger partial charge on any atom is 0.333 e. The molecule has 8 aliphatic rings. The van der Waals surface area contributed by atoms with Crippen molar-refractivity contribution >= 4 is 124 Å². The zero-order valence-electron chi connectivity index (χ0n) is 81.7. The van der Waals surface area contributed by atoms with Gasteiger partial charge in [-0.05, 0) is 227 Å². The van der Waals surface area contributed by atoms with Crippen molar-refractivity contribution in [2.45, 2.75) is 246 Å². The van der Waals surface area contributed by atoms with Gasteiger partial charge in [0.15, 0.2) is 0 Å². The number of unbranched alkanes of at least 4 members (excludes halogenated alkanes) is 11. The molecule has 0 saturated heterocycles. The highest BCUT2D eigenvalue weighted by Crippen LogP contribution is 2.34. The lowest BCUT2D eigenvalue weighted by atomic mass is 9.93. The first kappa shape index (κ1) is 118. The van der Waals surface area contributed by atoms with Gasteiger partial charge in [0, 0.05) is 151 Å². The van der Waals surface area contributed by atoms with Crippen LogP contribution in [-0.2, 0) is 134 Å². The number of hydrogen-bond acceptors (Lipinski definition) is 28. The maximum atomic E-state index is 12.2. The van der Waals surface area contributed by atoms with Crippen molar-refractivity contribution in [1.29, 1.82) is 0 Å². The van der Waals surface area contributed by atoms with Gasteiger partial charge in [-0.3, -0.25) is 101 Å². The molecule has 0 aromatic heterocycles. The van der Waals surface area contributed by atoms with Crippen molar-refractivity contribution in [3.8, 4) is 0 Å². The summed E-state index contributed by atoms with van der Waals surface area (Å²) in [5.74, 6) is -6.08. The summed E-state index contributed by atoms with van der Waals surface area (Å²) in [6, 6.07) is 0. The third-order valence-corrected chi connectivity index (χ3v) is 22.4. The molecule has 0 unspecified atom stereocenters. The summed E-state index contributed by atoms with van der Waals surface area (Å²) in [7, 11) is 0. The van der Waals surface area contributed by atoms with E-state index in [9.17, 15) is 101 Å². The molecule has 14 amide bonds.